The number of hydrogen-bond donors (Lipinski definition) is 2. The highest BCUT2D eigenvalue weighted by Gasteiger charge is 2.07. The van der Waals surface area contributed by atoms with Crippen LogP contribution in [0.1, 0.15) is 24.2 Å². The maximum Gasteiger partial charge on any atom is 0.120 e. The fourth-order valence-electron chi connectivity index (χ4n) is 1.70. The Kier molecular flexibility index (Phi) is 4.18. The quantitative estimate of drug-likeness (QED) is 0.889. The van der Waals surface area contributed by atoms with Crippen LogP contribution in [0.4, 0.5) is 0 Å². The smallest absolute Gasteiger partial charge is 0.120 e. The van der Waals surface area contributed by atoms with E-state index >= 15 is 0 Å². The van der Waals surface area contributed by atoms with Gasteiger partial charge in [-0.05, 0) is 37.3 Å². The molecule has 18 heavy (non-hydrogen) atoms. The Labute approximate surface area is 111 Å². The molecule has 4 heteroatoms. The summed E-state index contributed by atoms with van der Waals surface area (Å²) in [6.45, 7) is 2.58. The first-order chi connectivity index (χ1) is 8.66. The van der Waals surface area contributed by atoms with Crippen molar-refractivity contribution < 1.29 is 5.11 Å². The summed E-state index contributed by atoms with van der Waals surface area (Å²) < 4.78 is 0. The van der Waals surface area contributed by atoms with Crippen molar-refractivity contribution in [3.05, 3.63) is 58.9 Å². The van der Waals surface area contributed by atoms with Gasteiger partial charge in [0.1, 0.15) is 5.75 Å². The minimum absolute atomic E-state index is 0.115. The van der Waals surface area contributed by atoms with Crippen LogP contribution in [0.3, 0.4) is 0 Å². The third kappa shape index (κ3) is 3.22. The molecule has 0 aliphatic rings. The molecule has 1 aromatic carbocycles. The molecule has 0 aliphatic heterocycles. The molecule has 0 saturated carbocycles. The Morgan fingerprint density at radius 2 is 2.17 bits per heavy atom. The van der Waals surface area contributed by atoms with E-state index in [0.29, 0.717) is 11.6 Å². The number of benzene rings is 1. The summed E-state index contributed by atoms with van der Waals surface area (Å²) in [5.41, 5.74) is 1.75. The van der Waals surface area contributed by atoms with E-state index < -0.39 is 0 Å². The lowest BCUT2D eigenvalue weighted by Crippen LogP contribution is -2.19. The van der Waals surface area contributed by atoms with Crippen LogP contribution in [0.2, 0.25) is 5.02 Å². The summed E-state index contributed by atoms with van der Waals surface area (Å²) in [4.78, 5) is 4.28. The third-order valence-corrected chi connectivity index (χ3v) is 3.01. The van der Waals surface area contributed by atoms with Gasteiger partial charge in [0, 0.05) is 29.4 Å². The zero-order valence-corrected chi connectivity index (χ0v) is 10.9. The Morgan fingerprint density at radius 1 is 1.33 bits per heavy atom. The maximum absolute atomic E-state index is 9.70. The number of hydrogen-bond acceptors (Lipinski definition) is 3. The fourth-order valence-corrected chi connectivity index (χ4v) is 1.89. The first-order valence-electron chi connectivity index (χ1n) is 5.78. The van der Waals surface area contributed by atoms with Crippen LogP contribution in [0, 0.1) is 0 Å². The van der Waals surface area contributed by atoms with Gasteiger partial charge in [0.15, 0.2) is 0 Å². The number of nitrogens with one attached hydrogen (secondary N) is 1. The average molecular weight is 263 g/mol. The second kappa shape index (κ2) is 5.85. The zero-order chi connectivity index (χ0) is 13.0. The van der Waals surface area contributed by atoms with Crippen molar-refractivity contribution in [1.82, 2.24) is 10.3 Å². The zero-order valence-electron chi connectivity index (χ0n) is 10.1. The van der Waals surface area contributed by atoms with E-state index in [-0.39, 0.29) is 11.8 Å². The molecule has 2 rings (SSSR count). The number of rotatable bonds is 4. The predicted octanol–water partition coefficient (Wildman–Crippen LogP) is 3.29. The summed E-state index contributed by atoms with van der Waals surface area (Å²) in [7, 11) is 0. The number of halogens is 1. The van der Waals surface area contributed by atoms with E-state index in [4.69, 9.17) is 11.6 Å². The van der Waals surface area contributed by atoms with E-state index in [1.807, 2.05) is 25.1 Å². The summed E-state index contributed by atoms with van der Waals surface area (Å²) in [6.07, 6.45) is 1.77. The van der Waals surface area contributed by atoms with Gasteiger partial charge in [-0.3, -0.25) is 4.98 Å². The van der Waals surface area contributed by atoms with Crippen LogP contribution in [-0.4, -0.2) is 10.1 Å². The molecule has 0 spiro atoms. The number of aromatic hydroxyl groups is 1. The molecule has 3 nitrogen and oxygen atoms in total. The first-order valence-corrected chi connectivity index (χ1v) is 6.16. The Balaban J connectivity index is 2.01. The van der Waals surface area contributed by atoms with Crippen molar-refractivity contribution in [2.45, 2.75) is 19.5 Å². The first kappa shape index (κ1) is 12.9. The molecular formula is C14H15ClN2O. The Morgan fingerprint density at radius 3 is 2.89 bits per heavy atom. The van der Waals surface area contributed by atoms with Crippen molar-refractivity contribution in [1.29, 1.82) is 0 Å². The lowest BCUT2D eigenvalue weighted by molar-refractivity contribution is 0.459. The van der Waals surface area contributed by atoms with Gasteiger partial charge in [-0.15, -0.1) is 0 Å². The minimum Gasteiger partial charge on any atom is -0.508 e. The molecule has 0 bridgehead atoms. The molecule has 2 N–H and O–H groups in total. The molecule has 94 valence electrons. The Bertz CT molecular complexity index is 516. The van der Waals surface area contributed by atoms with Crippen molar-refractivity contribution in [3.8, 4) is 5.75 Å². The molecular weight excluding hydrogens is 248 g/mol. The van der Waals surface area contributed by atoms with E-state index in [1.165, 1.54) is 0 Å². The van der Waals surface area contributed by atoms with Gasteiger partial charge in [-0.25, -0.2) is 0 Å². The van der Waals surface area contributed by atoms with E-state index in [9.17, 15) is 5.11 Å². The highest BCUT2D eigenvalue weighted by molar-refractivity contribution is 6.30. The van der Waals surface area contributed by atoms with Crippen molar-refractivity contribution in [3.63, 3.8) is 0 Å². The SMILES string of the molecule is C[C@H](NCc1cc(Cl)ccc1O)c1ccccn1. The van der Waals surface area contributed by atoms with Gasteiger partial charge in [0.05, 0.1) is 5.69 Å². The number of phenols is 1. The van der Waals surface area contributed by atoms with Gasteiger partial charge >= 0.3 is 0 Å². The molecule has 1 aromatic heterocycles. The fraction of sp³-hybridized carbons (Fsp3) is 0.214. The maximum atomic E-state index is 9.70. The minimum atomic E-state index is 0.115. The number of pyridine rings is 1. The van der Waals surface area contributed by atoms with Crippen LogP contribution < -0.4 is 5.32 Å². The molecule has 0 saturated heterocycles. The van der Waals surface area contributed by atoms with Crippen molar-refractivity contribution in [2.24, 2.45) is 0 Å². The molecule has 2 aromatic rings. The lowest BCUT2D eigenvalue weighted by atomic mass is 10.1. The van der Waals surface area contributed by atoms with Crippen LogP contribution in [0.5, 0.6) is 5.75 Å². The van der Waals surface area contributed by atoms with Crippen molar-refractivity contribution in [2.75, 3.05) is 0 Å². The van der Waals surface area contributed by atoms with Crippen LogP contribution in [-0.2, 0) is 6.54 Å². The molecule has 1 heterocycles. The second-order valence-electron chi connectivity index (χ2n) is 4.13. The number of aromatic nitrogens is 1. The standard InChI is InChI=1S/C14H15ClN2O/c1-10(13-4-2-3-7-16-13)17-9-11-8-12(15)5-6-14(11)18/h2-8,10,17-18H,9H2,1H3/t10-/m0/s1. The van der Waals surface area contributed by atoms with Gasteiger partial charge in [-0.2, -0.15) is 0 Å². The van der Waals surface area contributed by atoms with Gasteiger partial charge < -0.3 is 10.4 Å². The highest BCUT2D eigenvalue weighted by Crippen LogP contribution is 2.22. The van der Waals surface area contributed by atoms with Crippen LogP contribution >= 0.6 is 11.6 Å². The molecule has 0 fully saturated rings. The lowest BCUT2D eigenvalue weighted by Gasteiger charge is -2.14. The Hall–Kier alpha value is -1.58. The van der Waals surface area contributed by atoms with Gasteiger partial charge in [-0.1, -0.05) is 17.7 Å². The predicted molar refractivity (Wildman–Crippen MR) is 72.6 cm³/mol. The largest absolute Gasteiger partial charge is 0.508 e. The average Bonchev–Trinajstić information content (AvgIpc) is 2.40. The third-order valence-electron chi connectivity index (χ3n) is 2.77. The summed E-state index contributed by atoms with van der Waals surface area (Å²) in [6, 6.07) is 11.0. The normalized spacial score (nSPS) is 12.3. The van der Waals surface area contributed by atoms with E-state index in [2.05, 4.69) is 10.3 Å². The van der Waals surface area contributed by atoms with Gasteiger partial charge in [0.25, 0.3) is 0 Å². The molecule has 0 radical (unpaired) electrons. The number of nitrogens with zero attached hydrogens (tertiary/aromatic N) is 1. The van der Waals surface area contributed by atoms with Crippen molar-refractivity contribution >= 4 is 11.6 Å². The molecule has 0 unspecified atom stereocenters. The van der Waals surface area contributed by atoms with E-state index in [1.54, 1.807) is 24.4 Å². The van der Waals surface area contributed by atoms with Gasteiger partial charge in [0.2, 0.25) is 0 Å². The van der Waals surface area contributed by atoms with Crippen LogP contribution in [0.25, 0.3) is 0 Å². The van der Waals surface area contributed by atoms with E-state index in [0.717, 1.165) is 11.3 Å². The molecule has 1 atom stereocenters. The molecule has 0 aliphatic carbocycles. The summed E-state index contributed by atoms with van der Waals surface area (Å²) >= 11 is 5.90. The summed E-state index contributed by atoms with van der Waals surface area (Å²) in [5, 5.41) is 13.6. The molecule has 0 amide bonds. The topological polar surface area (TPSA) is 45.1 Å². The second-order valence-corrected chi connectivity index (χ2v) is 4.57. The summed E-state index contributed by atoms with van der Waals surface area (Å²) in [5.74, 6) is 0.250. The highest BCUT2D eigenvalue weighted by atomic mass is 35.5. The monoisotopic (exact) mass is 262 g/mol. The number of phenolic OH excluding ortho intramolecular Hbond substituents is 1. The van der Waals surface area contributed by atoms with Crippen LogP contribution in [0.15, 0.2) is 42.6 Å².